The van der Waals surface area contributed by atoms with Crippen LogP contribution in [0, 0.1) is 5.92 Å². The van der Waals surface area contributed by atoms with E-state index in [1.807, 2.05) is 6.20 Å². The monoisotopic (exact) mass is 218 g/mol. The first-order chi connectivity index (χ1) is 7.77. The summed E-state index contributed by atoms with van der Waals surface area (Å²) in [7, 11) is 0. The number of allylic oxidation sites excluding steroid dienone is 1. The van der Waals surface area contributed by atoms with Gasteiger partial charge >= 0.3 is 0 Å². The average molecular weight is 218 g/mol. The van der Waals surface area contributed by atoms with Crippen LogP contribution in [0.1, 0.15) is 33.1 Å². The molecular formula is C13H18N2O. The molecule has 0 radical (unpaired) electrons. The van der Waals surface area contributed by atoms with Gasteiger partial charge in [0, 0.05) is 30.3 Å². The van der Waals surface area contributed by atoms with Gasteiger partial charge in [-0.25, -0.2) is 4.99 Å². The van der Waals surface area contributed by atoms with E-state index in [0.717, 1.165) is 37.2 Å². The van der Waals surface area contributed by atoms with Gasteiger partial charge in [0.25, 0.3) is 5.91 Å². The molecule has 2 rings (SSSR count). The van der Waals surface area contributed by atoms with Crippen molar-refractivity contribution in [3.05, 3.63) is 23.9 Å². The largest absolute Gasteiger partial charge is 0.293 e. The first-order valence-electron chi connectivity index (χ1n) is 6.05. The first kappa shape index (κ1) is 11.1. The van der Waals surface area contributed by atoms with Gasteiger partial charge in [0.2, 0.25) is 0 Å². The van der Waals surface area contributed by atoms with Crippen LogP contribution in [0.25, 0.3) is 0 Å². The van der Waals surface area contributed by atoms with Crippen molar-refractivity contribution in [3.8, 4) is 0 Å². The van der Waals surface area contributed by atoms with Crippen LogP contribution in [0.5, 0.6) is 0 Å². The van der Waals surface area contributed by atoms with Crippen molar-refractivity contribution in [1.29, 1.82) is 0 Å². The minimum Gasteiger partial charge on any atom is -0.293 e. The third-order valence-electron chi connectivity index (χ3n) is 3.02. The minimum absolute atomic E-state index is 0.0976. The fourth-order valence-electron chi connectivity index (χ4n) is 2.28. The van der Waals surface area contributed by atoms with Crippen molar-refractivity contribution in [2.45, 2.75) is 33.1 Å². The molecule has 86 valence electrons. The summed E-state index contributed by atoms with van der Waals surface area (Å²) in [5.41, 5.74) is 1.11. The first-order valence-corrected chi connectivity index (χ1v) is 6.05. The molecule has 0 fully saturated rings. The number of amidine groups is 1. The van der Waals surface area contributed by atoms with Gasteiger partial charge in [-0.05, 0) is 12.8 Å². The van der Waals surface area contributed by atoms with Crippen LogP contribution < -0.4 is 0 Å². The lowest BCUT2D eigenvalue weighted by molar-refractivity contribution is -0.121. The van der Waals surface area contributed by atoms with Crippen LogP contribution in [0.15, 0.2) is 28.9 Å². The van der Waals surface area contributed by atoms with Crippen LogP contribution in [0.3, 0.4) is 0 Å². The van der Waals surface area contributed by atoms with Gasteiger partial charge in [0.05, 0.1) is 0 Å². The van der Waals surface area contributed by atoms with E-state index in [4.69, 9.17) is 0 Å². The fraction of sp³-hybridized carbons (Fsp3) is 0.538. The number of fused-ring (bicyclic) bond motifs is 1. The SMILES string of the molecule is CCCC1C=CN=C2C1=CC(=O)N2CCC. The van der Waals surface area contributed by atoms with Crippen molar-refractivity contribution >= 4 is 11.7 Å². The third kappa shape index (κ3) is 1.82. The van der Waals surface area contributed by atoms with Gasteiger partial charge in [0.1, 0.15) is 5.84 Å². The average Bonchev–Trinajstić information content (AvgIpc) is 2.59. The number of rotatable bonds is 4. The summed E-state index contributed by atoms with van der Waals surface area (Å²) < 4.78 is 0. The number of carbonyl (C=O) groups is 1. The van der Waals surface area contributed by atoms with E-state index in [2.05, 4.69) is 24.9 Å². The van der Waals surface area contributed by atoms with Crippen molar-refractivity contribution in [2.75, 3.05) is 6.54 Å². The molecule has 2 aliphatic heterocycles. The second kappa shape index (κ2) is 4.64. The highest BCUT2D eigenvalue weighted by molar-refractivity contribution is 6.19. The molecule has 1 atom stereocenters. The van der Waals surface area contributed by atoms with Crippen LogP contribution in [0.2, 0.25) is 0 Å². The highest BCUT2D eigenvalue weighted by atomic mass is 16.2. The van der Waals surface area contributed by atoms with Crippen molar-refractivity contribution in [2.24, 2.45) is 10.9 Å². The summed E-state index contributed by atoms with van der Waals surface area (Å²) in [6.07, 6.45) is 8.89. The highest BCUT2D eigenvalue weighted by Gasteiger charge is 2.32. The Labute approximate surface area is 96.5 Å². The Balaban J connectivity index is 2.23. The predicted molar refractivity (Wildman–Crippen MR) is 65.1 cm³/mol. The van der Waals surface area contributed by atoms with Crippen LogP contribution in [-0.4, -0.2) is 23.2 Å². The lowest BCUT2D eigenvalue weighted by Crippen LogP contribution is -2.33. The van der Waals surface area contributed by atoms with E-state index in [-0.39, 0.29) is 5.91 Å². The molecule has 0 spiro atoms. The van der Waals surface area contributed by atoms with Gasteiger partial charge in [-0.3, -0.25) is 9.69 Å². The van der Waals surface area contributed by atoms with Gasteiger partial charge in [0.15, 0.2) is 0 Å². The van der Waals surface area contributed by atoms with Gasteiger partial charge < -0.3 is 0 Å². The molecule has 2 heterocycles. The number of hydrogen-bond acceptors (Lipinski definition) is 2. The number of nitrogens with zero attached hydrogens (tertiary/aromatic N) is 2. The molecule has 0 bridgehead atoms. The maximum Gasteiger partial charge on any atom is 0.252 e. The van der Waals surface area contributed by atoms with Crippen LogP contribution in [-0.2, 0) is 4.79 Å². The second-order valence-electron chi connectivity index (χ2n) is 4.28. The van der Waals surface area contributed by atoms with E-state index in [0.29, 0.717) is 5.92 Å². The molecular weight excluding hydrogens is 200 g/mol. The maximum absolute atomic E-state index is 11.8. The van der Waals surface area contributed by atoms with Gasteiger partial charge in [-0.1, -0.05) is 26.3 Å². The standard InChI is InChI=1S/C13H18N2O/c1-3-5-10-6-7-14-13-11(10)9-12(16)15(13)8-4-2/h6-7,9-10H,3-5,8H2,1-2H3. The molecule has 0 aromatic heterocycles. The number of hydrogen-bond donors (Lipinski definition) is 0. The van der Waals surface area contributed by atoms with E-state index < -0.39 is 0 Å². The molecule has 0 aliphatic carbocycles. The molecule has 0 aromatic rings. The Kier molecular flexibility index (Phi) is 3.22. The Hall–Kier alpha value is -1.38. The number of carbonyl (C=O) groups excluding carboxylic acids is 1. The molecule has 0 saturated heterocycles. The molecule has 0 N–H and O–H groups in total. The topological polar surface area (TPSA) is 32.7 Å². The zero-order valence-corrected chi connectivity index (χ0v) is 9.94. The van der Waals surface area contributed by atoms with E-state index in [1.165, 1.54) is 0 Å². The fourth-order valence-corrected chi connectivity index (χ4v) is 2.28. The second-order valence-corrected chi connectivity index (χ2v) is 4.28. The molecule has 2 aliphatic rings. The minimum atomic E-state index is 0.0976. The summed E-state index contributed by atoms with van der Waals surface area (Å²) in [6.45, 7) is 5.01. The zero-order chi connectivity index (χ0) is 11.5. The lowest BCUT2D eigenvalue weighted by atomic mass is 9.92. The van der Waals surface area contributed by atoms with Crippen molar-refractivity contribution in [1.82, 2.24) is 4.90 Å². The molecule has 3 heteroatoms. The summed E-state index contributed by atoms with van der Waals surface area (Å²) >= 11 is 0. The summed E-state index contributed by atoms with van der Waals surface area (Å²) in [5, 5.41) is 0. The number of amides is 1. The smallest absolute Gasteiger partial charge is 0.252 e. The lowest BCUT2D eigenvalue weighted by Gasteiger charge is -2.22. The quantitative estimate of drug-likeness (QED) is 0.713. The third-order valence-corrected chi connectivity index (χ3v) is 3.02. The Bertz CT molecular complexity index is 379. The summed E-state index contributed by atoms with van der Waals surface area (Å²) in [4.78, 5) is 18.0. The normalized spacial score (nSPS) is 23.2. The predicted octanol–water partition coefficient (Wildman–Crippen LogP) is 2.51. The van der Waals surface area contributed by atoms with Crippen LogP contribution in [0.4, 0.5) is 0 Å². The van der Waals surface area contributed by atoms with Gasteiger partial charge in [-0.2, -0.15) is 0 Å². The highest BCUT2D eigenvalue weighted by Crippen LogP contribution is 2.29. The van der Waals surface area contributed by atoms with Gasteiger partial charge in [-0.15, -0.1) is 0 Å². The molecule has 0 saturated carbocycles. The van der Waals surface area contributed by atoms with E-state index >= 15 is 0 Å². The zero-order valence-electron chi connectivity index (χ0n) is 9.94. The van der Waals surface area contributed by atoms with E-state index in [9.17, 15) is 4.79 Å². The molecule has 1 amide bonds. The van der Waals surface area contributed by atoms with Crippen molar-refractivity contribution in [3.63, 3.8) is 0 Å². The molecule has 16 heavy (non-hydrogen) atoms. The molecule has 1 unspecified atom stereocenters. The Morgan fingerprint density at radius 1 is 1.38 bits per heavy atom. The number of aliphatic imine (C=N–C) groups is 1. The maximum atomic E-state index is 11.8. The van der Waals surface area contributed by atoms with Crippen molar-refractivity contribution < 1.29 is 4.79 Å². The summed E-state index contributed by atoms with van der Waals surface area (Å²) in [5.74, 6) is 1.36. The Morgan fingerprint density at radius 3 is 2.88 bits per heavy atom. The Morgan fingerprint density at radius 2 is 2.19 bits per heavy atom. The summed E-state index contributed by atoms with van der Waals surface area (Å²) in [6, 6.07) is 0. The molecule has 0 aromatic carbocycles. The van der Waals surface area contributed by atoms with Crippen LogP contribution >= 0.6 is 0 Å². The van der Waals surface area contributed by atoms with E-state index in [1.54, 1.807) is 11.0 Å². The molecule has 3 nitrogen and oxygen atoms in total.